The van der Waals surface area contributed by atoms with Crippen molar-refractivity contribution in [3.05, 3.63) is 28.2 Å². The van der Waals surface area contributed by atoms with E-state index in [1.165, 1.54) is 0 Å². The lowest BCUT2D eigenvalue weighted by Crippen LogP contribution is -2.24. The van der Waals surface area contributed by atoms with Crippen molar-refractivity contribution in [2.24, 2.45) is 0 Å². The van der Waals surface area contributed by atoms with Crippen molar-refractivity contribution in [3.8, 4) is 0 Å². The average molecular weight is 321 g/mol. The Balaban J connectivity index is 2.87. The number of halogens is 1. The Morgan fingerprint density at radius 1 is 1.35 bits per heavy atom. The maximum Gasteiger partial charge on any atom is 0.233 e. The van der Waals surface area contributed by atoms with Crippen molar-refractivity contribution in [1.29, 1.82) is 0 Å². The molecule has 17 heavy (non-hydrogen) atoms. The molecule has 2 N–H and O–H groups in total. The van der Waals surface area contributed by atoms with Crippen LogP contribution in [-0.4, -0.2) is 27.8 Å². The van der Waals surface area contributed by atoms with Crippen molar-refractivity contribution < 1.29 is 8.42 Å². The summed E-state index contributed by atoms with van der Waals surface area (Å²) in [5.41, 5.74) is 1.64. The first-order valence-electron chi connectivity index (χ1n) is 5.42. The molecule has 0 bridgehead atoms. The molecule has 0 atom stereocenters. The number of hydrogen-bond acceptors (Lipinski definition) is 3. The van der Waals surface area contributed by atoms with E-state index in [0.29, 0.717) is 12.2 Å². The highest BCUT2D eigenvalue weighted by Gasteiger charge is 2.11. The van der Waals surface area contributed by atoms with Crippen LogP contribution >= 0.6 is 15.9 Å². The Hall–Kier alpha value is -0.590. The van der Waals surface area contributed by atoms with Gasteiger partial charge in [-0.25, -0.2) is 8.42 Å². The maximum absolute atomic E-state index is 11.7. The summed E-state index contributed by atoms with van der Waals surface area (Å²) in [4.78, 5) is 0. The quantitative estimate of drug-likeness (QED) is 0.842. The van der Waals surface area contributed by atoms with Crippen LogP contribution in [0.3, 0.4) is 0 Å². The standard InChI is InChI=1S/C11H17BrN2O2S/c1-3-9-8-10(12)4-5-11(9)14-17(15,16)7-6-13-2/h4-5,8,13-14H,3,6-7H2,1-2H3. The molecule has 0 saturated carbocycles. The second-order valence-electron chi connectivity index (χ2n) is 3.68. The monoisotopic (exact) mass is 320 g/mol. The van der Waals surface area contributed by atoms with E-state index < -0.39 is 10.0 Å². The molecule has 4 nitrogen and oxygen atoms in total. The number of rotatable bonds is 6. The van der Waals surface area contributed by atoms with E-state index in [9.17, 15) is 8.42 Å². The molecule has 0 aliphatic rings. The Morgan fingerprint density at radius 3 is 2.65 bits per heavy atom. The summed E-state index contributed by atoms with van der Waals surface area (Å²) >= 11 is 3.37. The predicted molar refractivity (Wildman–Crippen MR) is 74.9 cm³/mol. The molecule has 6 heteroatoms. The number of hydrogen-bond donors (Lipinski definition) is 2. The normalized spacial score (nSPS) is 11.5. The molecule has 96 valence electrons. The predicted octanol–water partition coefficient (Wildman–Crippen LogP) is 1.97. The van der Waals surface area contributed by atoms with Crippen molar-refractivity contribution in [2.75, 3.05) is 24.1 Å². The van der Waals surface area contributed by atoms with E-state index in [2.05, 4.69) is 26.0 Å². The fourth-order valence-electron chi connectivity index (χ4n) is 1.41. The zero-order valence-corrected chi connectivity index (χ0v) is 12.4. The molecule has 0 unspecified atom stereocenters. The van der Waals surface area contributed by atoms with Crippen molar-refractivity contribution >= 4 is 31.6 Å². The van der Waals surface area contributed by atoms with E-state index in [-0.39, 0.29) is 5.75 Å². The van der Waals surface area contributed by atoms with E-state index in [1.807, 2.05) is 19.1 Å². The van der Waals surface area contributed by atoms with Gasteiger partial charge in [-0.2, -0.15) is 0 Å². The third kappa shape index (κ3) is 4.65. The van der Waals surface area contributed by atoms with Gasteiger partial charge in [0.2, 0.25) is 10.0 Å². The van der Waals surface area contributed by atoms with Gasteiger partial charge in [0, 0.05) is 11.0 Å². The number of nitrogens with one attached hydrogen (secondary N) is 2. The third-order valence-corrected chi connectivity index (χ3v) is 4.10. The van der Waals surface area contributed by atoms with Gasteiger partial charge >= 0.3 is 0 Å². The van der Waals surface area contributed by atoms with Crippen LogP contribution in [0.1, 0.15) is 12.5 Å². The first-order chi connectivity index (χ1) is 7.98. The minimum Gasteiger partial charge on any atom is -0.319 e. The molecule has 1 rings (SSSR count). The summed E-state index contributed by atoms with van der Waals surface area (Å²) in [6.07, 6.45) is 0.781. The van der Waals surface area contributed by atoms with Crippen molar-refractivity contribution in [1.82, 2.24) is 5.32 Å². The van der Waals surface area contributed by atoms with E-state index >= 15 is 0 Å². The van der Waals surface area contributed by atoms with E-state index in [0.717, 1.165) is 16.5 Å². The third-order valence-electron chi connectivity index (χ3n) is 2.33. The highest BCUT2D eigenvalue weighted by Crippen LogP contribution is 2.22. The number of aryl methyl sites for hydroxylation is 1. The highest BCUT2D eigenvalue weighted by molar-refractivity contribution is 9.10. The molecule has 0 heterocycles. The zero-order chi connectivity index (χ0) is 12.9. The maximum atomic E-state index is 11.7. The van der Waals surface area contributed by atoms with Crippen LogP contribution in [0, 0.1) is 0 Å². The minimum atomic E-state index is -3.27. The van der Waals surface area contributed by atoms with Crippen LogP contribution in [0.15, 0.2) is 22.7 Å². The lowest BCUT2D eigenvalue weighted by Gasteiger charge is -2.12. The summed E-state index contributed by atoms with van der Waals surface area (Å²) < 4.78 is 27.1. The van der Waals surface area contributed by atoms with Gasteiger partial charge in [-0.1, -0.05) is 22.9 Å². The molecule has 0 fully saturated rings. The van der Waals surface area contributed by atoms with Gasteiger partial charge in [0.1, 0.15) is 0 Å². The molecule has 0 saturated heterocycles. The largest absolute Gasteiger partial charge is 0.319 e. The van der Waals surface area contributed by atoms with E-state index in [4.69, 9.17) is 0 Å². The molecule has 0 aliphatic carbocycles. The molecule has 1 aromatic rings. The molecular weight excluding hydrogens is 304 g/mol. The van der Waals surface area contributed by atoms with Crippen molar-refractivity contribution in [3.63, 3.8) is 0 Å². The lowest BCUT2D eigenvalue weighted by atomic mass is 10.1. The summed E-state index contributed by atoms with van der Waals surface area (Å²) in [6, 6.07) is 5.53. The van der Waals surface area contributed by atoms with Gasteiger partial charge in [-0.3, -0.25) is 4.72 Å². The zero-order valence-electron chi connectivity index (χ0n) is 9.96. The van der Waals surface area contributed by atoms with Crippen LogP contribution in [0.5, 0.6) is 0 Å². The summed E-state index contributed by atoms with van der Waals surface area (Å²) in [5.74, 6) is 0.0721. The Bertz CT molecular complexity index is 474. The van der Waals surface area contributed by atoms with Crippen LogP contribution in [-0.2, 0) is 16.4 Å². The summed E-state index contributed by atoms with van der Waals surface area (Å²) in [7, 11) is -1.54. The number of benzene rings is 1. The smallest absolute Gasteiger partial charge is 0.233 e. The van der Waals surface area contributed by atoms with Gasteiger partial charge in [0.15, 0.2) is 0 Å². The molecule has 0 aromatic heterocycles. The second kappa shape index (κ2) is 6.37. The fourth-order valence-corrected chi connectivity index (χ4v) is 2.93. The molecular formula is C11H17BrN2O2S. The van der Waals surface area contributed by atoms with E-state index in [1.54, 1.807) is 13.1 Å². The highest BCUT2D eigenvalue weighted by atomic mass is 79.9. The van der Waals surface area contributed by atoms with Crippen molar-refractivity contribution in [2.45, 2.75) is 13.3 Å². The molecule has 0 aliphatic heterocycles. The van der Waals surface area contributed by atoms with Gasteiger partial charge in [0.25, 0.3) is 0 Å². The summed E-state index contributed by atoms with van der Waals surface area (Å²) in [6.45, 7) is 2.43. The molecule has 0 spiro atoms. The Kier molecular flexibility index (Phi) is 5.42. The first kappa shape index (κ1) is 14.5. The molecule has 1 aromatic carbocycles. The first-order valence-corrected chi connectivity index (χ1v) is 7.86. The average Bonchev–Trinajstić information content (AvgIpc) is 2.28. The Morgan fingerprint density at radius 2 is 2.06 bits per heavy atom. The number of sulfonamides is 1. The van der Waals surface area contributed by atoms with Crippen LogP contribution in [0.2, 0.25) is 0 Å². The second-order valence-corrected chi connectivity index (χ2v) is 6.44. The van der Waals surface area contributed by atoms with Gasteiger partial charge in [0.05, 0.1) is 11.4 Å². The Labute approximate surface area is 111 Å². The summed E-state index contributed by atoms with van der Waals surface area (Å²) in [5, 5.41) is 2.82. The fraction of sp³-hybridized carbons (Fsp3) is 0.455. The number of anilines is 1. The molecule has 0 amide bonds. The van der Waals surface area contributed by atoms with Gasteiger partial charge in [-0.15, -0.1) is 0 Å². The van der Waals surface area contributed by atoms with Gasteiger partial charge in [-0.05, 0) is 37.2 Å². The SMILES string of the molecule is CCc1cc(Br)ccc1NS(=O)(=O)CCNC. The topological polar surface area (TPSA) is 58.2 Å². The van der Waals surface area contributed by atoms with Crippen LogP contribution in [0.25, 0.3) is 0 Å². The van der Waals surface area contributed by atoms with Crippen LogP contribution < -0.4 is 10.0 Å². The van der Waals surface area contributed by atoms with Crippen LogP contribution in [0.4, 0.5) is 5.69 Å². The minimum absolute atomic E-state index is 0.0721. The van der Waals surface area contributed by atoms with Gasteiger partial charge < -0.3 is 5.32 Å². The lowest BCUT2D eigenvalue weighted by molar-refractivity contribution is 0.598. The molecule has 0 radical (unpaired) electrons.